The van der Waals surface area contributed by atoms with Gasteiger partial charge in [0.15, 0.2) is 0 Å². The number of nitro benzene ring substituents is 1. The lowest BCUT2D eigenvalue weighted by molar-refractivity contribution is -0.385. The summed E-state index contributed by atoms with van der Waals surface area (Å²) in [5.74, 6) is -0.459. The van der Waals surface area contributed by atoms with Gasteiger partial charge in [-0.1, -0.05) is 29.8 Å². The Morgan fingerprint density at radius 3 is 2.59 bits per heavy atom. The summed E-state index contributed by atoms with van der Waals surface area (Å²) < 4.78 is 27.6. The van der Waals surface area contributed by atoms with Crippen molar-refractivity contribution in [3.63, 3.8) is 0 Å². The summed E-state index contributed by atoms with van der Waals surface area (Å²) in [5.41, 5.74) is 0.804. The fourth-order valence-corrected chi connectivity index (χ4v) is 4.54. The van der Waals surface area contributed by atoms with Crippen LogP contribution >= 0.6 is 0 Å². The topological polar surface area (TPSA) is 110 Å². The molecule has 1 saturated heterocycles. The zero-order chi connectivity index (χ0) is 21.0. The van der Waals surface area contributed by atoms with E-state index >= 15 is 0 Å². The maximum atomic E-state index is 12.8. The van der Waals surface area contributed by atoms with E-state index in [0.717, 1.165) is 12.0 Å². The first-order valence-electron chi connectivity index (χ1n) is 9.37. The molecule has 9 heteroatoms. The summed E-state index contributed by atoms with van der Waals surface area (Å²) in [6.45, 7) is 2.93. The van der Waals surface area contributed by atoms with E-state index in [1.165, 1.54) is 18.2 Å². The molecular weight excluding hydrogens is 394 g/mol. The third kappa shape index (κ3) is 4.99. The fourth-order valence-electron chi connectivity index (χ4n) is 3.43. The number of para-hydroxylation sites is 1. The van der Waals surface area contributed by atoms with Crippen molar-refractivity contribution in [1.29, 1.82) is 0 Å². The highest BCUT2D eigenvalue weighted by atomic mass is 32.2. The molecule has 0 spiro atoms. The SMILES string of the molecule is Cc1ccc(S(=O)(=O)NCC2CCCN(C(=O)c3ccccc3[N+](=O)[O-])C2)cc1. The van der Waals surface area contributed by atoms with Crippen LogP contribution in [-0.2, 0) is 10.0 Å². The number of nitrogens with one attached hydrogen (secondary N) is 1. The molecule has 3 rings (SSSR count). The number of hydrogen-bond acceptors (Lipinski definition) is 5. The first-order chi connectivity index (χ1) is 13.8. The molecule has 1 N–H and O–H groups in total. The number of hydrogen-bond donors (Lipinski definition) is 1. The van der Waals surface area contributed by atoms with Gasteiger partial charge < -0.3 is 4.90 Å². The number of carbonyl (C=O) groups is 1. The van der Waals surface area contributed by atoms with Crippen LogP contribution in [0, 0.1) is 23.0 Å². The molecule has 1 fully saturated rings. The van der Waals surface area contributed by atoms with Crippen molar-refractivity contribution >= 4 is 21.6 Å². The molecule has 1 heterocycles. The highest BCUT2D eigenvalue weighted by Crippen LogP contribution is 2.23. The Morgan fingerprint density at radius 1 is 1.21 bits per heavy atom. The normalized spacial score (nSPS) is 17.1. The number of benzene rings is 2. The summed E-state index contributed by atoms with van der Waals surface area (Å²) in [7, 11) is -3.63. The van der Waals surface area contributed by atoms with Gasteiger partial charge >= 0.3 is 0 Å². The second-order valence-corrected chi connectivity index (χ2v) is 8.97. The maximum Gasteiger partial charge on any atom is 0.282 e. The molecule has 0 aromatic heterocycles. The van der Waals surface area contributed by atoms with Crippen LogP contribution in [-0.4, -0.2) is 43.8 Å². The van der Waals surface area contributed by atoms with E-state index in [0.29, 0.717) is 19.5 Å². The average molecular weight is 417 g/mol. The first-order valence-corrected chi connectivity index (χ1v) is 10.9. The van der Waals surface area contributed by atoms with Crippen LogP contribution in [0.3, 0.4) is 0 Å². The molecule has 2 aromatic rings. The Hall–Kier alpha value is -2.78. The average Bonchev–Trinajstić information content (AvgIpc) is 2.72. The second-order valence-electron chi connectivity index (χ2n) is 7.20. The van der Waals surface area contributed by atoms with Gasteiger partial charge in [0.2, 0.25) is 10.0 Å². The second kappa shape index (κ2) is 8.71. The van der Waals surface area contributed by atoms with Crippen molar-refractivity contribution in [2.45, 2.75) is 24.7 Å². The quantitative estimate of drug-likeness (QED) is 0.574. The molecule has 0 bridgehead atoms. The molecule has 1 aliphatic heterocycles. The standard InChI is InChI=1S/C20H23N3O5S/c1-15-8-10-17(11-9-15)29(27,28)21-13-16-5-4-12-22(14-16)20(24)18-6-2-3-7-19(18)23(25)26/h2-3,6-11,16,21H,4-5,12-14H2,1H3. The minimum absolute atomic E-state index is 0.0541. The van der Waals surface area contributed by atoms with Crippen molar-refractivity contribution in [2.75, 3.05) is 19.6 Å². The number of nitrogens with zero attached hydrogens (tertiary/aromatic N) is 2. The zero-order valence-corrected chi connectivity index (χ0v) is 16.9. The van der Waals surface area contributed by atoms with Crippen molar-refractivity contribution in [2.24, 2.45) is 5.92 Å². The van der Waals surface area contributed by atoms with E-state index in [-0.39, 0.29) is 28.6 Å². The van der Waals surface area contributed by atoms with Gasteiger partial charge in [-0.3, -0.25) is 14.9 Å². The van der Waals surface area contributed by atoms with Crippen molar-refractivity contribution in [3.8, 4) is 0 Å². The molecule has 1 aliphatic rings. The molecule has 8 nitrogen and oxygen atoms in total. The van der Waals surface area contributed by atoms with E-state index < -0.39 is 20.9 Å². The Balaban J connectivity index is 1.66. The zero-order valence-electron chi connectivity index (χ0n) is 16.1. The number of likely N-dealkylation sites (tertiary alicyclic amines) is 1. The van der Waals surface area contributed by atoms with Crippen LogP contribution in [0.2, 0.25) is 0 Å². The van der Waals surface area contributed by atoms with Gasteiger partial charge in [0, 0.05) is 25.7 Å². The number of sulfonamides is 1. The lowest BCUT2D eigenvalue weighted by Gasteiger charge is -2.32. The molecule has 2 aromatic carbocycles. The Bertz CT molecular complexity index is 1010. The largest absolute Gasteiger partial charge is 0.338 e. The predicted octanol–water partition coefficient (Wildman–Crippen LogP) is 2.73. The highest BCUT2D eigenvalue weighted by molar-refractivity contribution is 7.89. The van der Waals surface area contributed by atoms with Crippen molar-refractivity contribution in [3.05, 3.63) is 69.8 Å². The number of rotatable bonds is 6. The highest BCUT2D eigenvalue weighted by Gasteiger charge is 2.29. The number of amides is 1. The Kier molecular flexibility index (Phi) is 6.29. The minimum Gasteiger partial charge on any atom is -0.338 e. The molecule has 29 heavy (non-hydrogen) atoms. The molecule has 154 valence electrons. The van der Waals surface area contributed by atoms with Gasteiger partial charge in [0.25, 0.3) is 11.6 Å². The lowest BCUT2D eigenvalue weighted by atomic mass is 9.97. The van der Waals surface area contributed by atoms with E-state index in [1.807, 2.05) is 6.92 Å². The van der Waals surface area contributed by atoms with E-state index in [2.05, 4.69) is 4.72 Å². The van der Waals surface area contributed by atoms with Gasteiger partial charge in [0.05, 0.1) is 9.82 Å². The van der Waals surface area contributed by atoms with Gasteiger partial charge in [-0.05, 0) is 43.9 Å². The number of nitro groups is 1. The monoisotopic (exact) mass is 417 g/mol. The van der Waals surface area contributed by atoms with Crippen LogP contribution in [0.4, 0.5) is 5.69 Å². The minimum atomic E-state index is -3.63. The third-order valence-electron chi connectivity index (χ3n) is 5.03. The summed E-state index contributed by atoms with van der Waals surface area (Å²) >= 11 is 0. The molecule has 0 saturated carbocycles. The number of aryl methyl sites for hydroxylation is 1. The predicted molar refractivity (Wildman–Crippen MR) is 108 cm³/mol. The fraction of sp³-hybridized carbons (Fsp3) is 0.350. The van der Waals surface area contributed by atoms with E-state index in [9.17, 15) is 23.3 Å². The van der Waals surface area contributed by atoms with Crippen molar-refractivity contribution < 1.29 is 18.1 Å². The Labute approximate surface area is 169 Å². The number of carbonyl (C=O) groups excluding carboxylic acids is 1. The number of piperidine rings is 1. The third-order valence-corrected chi connectivity index (χ3v) is 6.47. The van der Waals surface area contributed by atoms with E-state index in [1.54, 1.807) is 35.2 Å². The maximum absolute atomic E-state index is 12.8. The summed E-state index contributed by atoms with van der Waals surface area (Å²) in [5, 5.41) is 11.2. The smallest absolute Gasteiger partial charge is 0.282 e. The molecule has 0 radical (unpaired) electrons. The van der Waals surface area contributed by atoms with Gasteiger partial charge in [-0.25, -0.2) is 13.1 Å². The van der Waals surface area contributed by atoms with Crippen LogP contribution in [0.15, 0.2) is 53.4 Å². The Morgan fingerprint density at radius 2 is 1.90 bits per heavy atom. The summed E-state index contributed by atoms with van der Waals surface area (Å²) in [4.78, 5) is 25.2. The lowest BCUT2D eigenvalue weighted by Crippen LogP contribution is -2.43. The molecule has 0 aliphatic carbocycles. The van der Waals surface area contributed by atoms with Gasteiger partial charge in [-0.2, -0.15) is 0 Å². The molecule has 1 unspecified atom stereocenters. The van der Waals surface area contributed by atoms with E-state index in [4.69, 9.17) is 0 Å². The van der Waals surface area contributed by atoms with Gasteiger partial charge in [-0.15, -0.1) is 0 Å². The van der Waals surface area contributed by atoms with Crippen LogP contribution < -0.4 is 4.72 Å². The van der Waals surface area contributed by atoms with Crippen LogP contribution in [0.1, 0.15) is 28.8 Å². The molecule has 1 atom stereocenters. The van der Waals surface area contributed by atoms with Crippen LogP contribution in [0.5, 0.6) is 0 Å². The molecule has 1 amide bonds. The molecular formula is C20H23N3O5S. The first kappa shape index (κ1) is 20.9. The van der Waals surface area contributed by atoms with Crippen molar-refractivity contribution in [1.82, 2.24) is 9.62 Å². The van der Waals surface area contributed by atoms with Crippen LogP contribution in [0.25, 0.3) is 0 Å². The van der Waals surface area contributed by atoms with Gasteiger partial charge in [0.1, 0.15) is 5.56 Å². The summed E-state index contributed by atoms with van der Waals surface area (Å²) in [6.07, 6.45) is 1.49. The summed E-state index contributed by atoms with van der Waals surface area (Å²) in [6, 6.07) is 12.5.